The first-order chi connectivity index (χ1) is 12.6. The maximum absolute atomic E-state index is 13.1. The molecule has 0 unspecified atom stereocenters. The Hall–Kier alpha value is -3.46. The molecule has 0 aliphatic carbocycles. The summed E-state index contributed by atoms with van der Waals surface area (Å²) in [5.41, 5.74) is 2.82. The molecule has 3 aromatic carbocycles. The molecule has 0 atom stereocenters. The van der Waals surface area contributed by atoms with Crippen molar-refractivity contribution in [1.82, 2.24) is 0 Å². The van der Waals surface area contributed by atoms with Crippen molar-refractivity contribution in [3.8, 4) is 11.1 Å². The third-order valence-corrected chi connectivity index (χ3v) is 4.39. The first-order valence-corrected chi connectivity index (χ1v) is 8.38. The number of carbonyl (C=O) groups is 1. The lowest BCUT2D eigenvalue weighted by molar-refractivity contribution is 0.103. The van der Waals surface area contributed by atoms with Crippen molar-refractivity contribution >= 4 is 16.8 Å². The lowest BCUT2D eigenvalue weighted by Crippen LogP contribution is -2.17. The van der Waals surface area contributed by atoms with Gasteiger partial charge in [-0.15, -0.1) is 0 Å². The van der Waals surface area contributed by atoms with E-state index in [0.29, 0.717) is 16.7 Å². The predicted octanol–water partition coefficient (Wildman–Crippen LogP) is 5.00. The summed E-state index contributed by atoms with van der Waals surface area (Å²) in [6, 6.07) is 23.9. The highest BCUT2D eigenvalue weighted by molar-refractivity contribution is 6.16. The van der Waals surface area contributed by atoms with Crippen molar-refractivity contribution in [2.75, 3.05) is 0 Å². The third kappa shape index (κ3) is 2.74. The monoisotopic (exact) mass is 340 g/mol. The molecule has 1 heterocycles. The number of rotatable bonds is 3. The number of hydrogen-bond acceptors (Lipinski definition) is 3. The van der Waals surface area contributed by atoms with Gasteiger partial charge in [0.25, 0.3) is 0 Å². The van der Waals surface area contributed by atoms with Gasteiger partial charge in [-0.1, -0.05) is 72.8 Å². The highest BCUT2D eigenvalue weighted by Crippen LogP contribution is 2.32. The fraction of sp³-hybridized carbons (Fsp3) is 0.0435. The van der Waals surface area contributed by atoms with Gasteiger partial charge < -0.3 is 4.42 Å². The van der Waals surface area contributed by atoms with Gasteiger partial charge >= 0.3 is 5.63 Å². The number of carbonyl (C=O) groups excluding carboxylic acids is 1. The van der Waals surface area contributed by atoms with Crippen LogP contribution in [0.15, 0.2) is 88.1 Å². The third-order valence-electron chi connectivity index (χ3n) is 4.39. The Bertz CT molecular complexity index is 1160. The van der Waals surface area contributed by atoms with Crippen LogP contribution in [0.3, 0.4) is 0 Å². The van der Waals surface area contributed by atoms with E-state index in [0.717, 1.165) is 16.5 Å². The fourth-order valence-corrected chi connectivity index (χ4v) is 3.15. The normalized spacial score (nSPS) is 10.8. The van der Waals surface area contributed by atoms with Crippen LogP contribution < -0.4 is 5.63 Å². The standard InChI is InChI=1S/C23H16O3/c1-15-12-13-18-19(14-15)26-23(25)21(20(18)16-8-4-2-5-9-16)22(24)17-10-6-3-7-11-17/h2-14H,1H3. The summed E-state index contributed by atoms with van der Waals surface area (Å²) in [5.74, 6) is -0.333. The number of fused-ring (bicyclic) bond motifs is 1. The molecule has 0 saturated heterocycles. The van der Waals surface area contributed by atoms with Crippen LogP contribution in [-0.4, -0.2) is 5.78 Å². The topological polar surface area (TPSA) is 47.3 Å². The smallest absolute Gasteiger partial charge is 0.348 e. The number of hydrogen-bond donors (Lipinski definition) is 0. The van der Waals surface area contributed by atoms with Crippen molar-refractivity contribution in [3.05, 3.63) is 106 Å². The molecule has 4 rings (SSSR count). The minimum atomic E-state index is -0.615. The molecule has 1 aromatic heterocycles. The van der Waals surface area contributed by atoms with Crippen LogP contribution in [0.5, 0.6) is 0 Å². The molecule has 126 valence electrons. The minimum Gasteiger partial charge on any atom is -0.422 e. The zero-order valence-electron chi connectivity index (χ0n) is 14.2. The summed E-state index contributed by atoms with van der Waals surface area (Å²) in [6.45, 7) is 1.94. The van der Waals surface area contributed by atoms with E-state index >= 15 is 0 Å². The molecule has 0 saturated carbocycles. The van der Waals surface area contributed by atoms with Crippen LogP contribution in [0.1, 0.15) is 21.5 Å². The molecule has 0 aliphatic heterocycles. The number of ketones is 1. The van der Waals surface area contributed by atoms with E-state index in [-0.39, 0.29) is 11.3 Å². The van der Waals surface area contributed by atoms with Gasteiger partial charge in [-0.05, 0) is 24.1 Å². The lowest BCUT2D eigenvalue weighted by atomic mass is 9.92. The van der Waals surface area contributed by atoms with Gasteiger partial charge in [0.2, 0.25) is 5.78 Å². The molecule has 26 heavy (non-hydrogen) atoms. The van der Waals surface area contributed by atoms with Crippen LogP contribution in [0.2, 0.25) is 0 Å². The quantitative estimate of drug-likeness (QED) is 0.389. The molecule has 0 N–H and O–H groups in total. The summed E-state index contributed by atoms with van der Waals surface area (Å²) in [5, 5.41) is 0.751. The predicted molar refractivity (Wildman–Crippen MR) is 103 cm³/mol. The number of aryl methyl sites for hydroxylation is 1. The van der Waals surface area contributed by atoms with Gasteiger partial charge in [0.1, 0.15) is 11.1 Å². The molecule has 3 heteroatoms. The van der Waals surface area contributed by atoms with E-state index in [1.807, 2.05) is 61.5 Å². The van der Waals surface area contributed by atoms with Crippen LogP contribution in [0.25, 0.3) is 22.1 Å². The molecule has 0 radical (unpaired) electrons. The van der Waals surface area contributed by atoms with Gasteiger partial charge in [0.15, 0.2) is 0 Å². The molecule has 0 fully saturated rings. The highest BCUT2D eigenvalue weighted by atomic mass is 16.4. The second-order valence-corrected chi connectivity index (χ2v) is 6.20. The van der Waals surface area contributed by atoms with Crippen molar-refractivity contribution in [2.45, 2.75) is 6.92 Å². The first kappa shape index (κ1) is 16.0. The molecule has 4 aromatic rings. The van der Waals surface area contributed by atoms with Crippen LogP contribution in [0, 0.1) is 6.92 Å². The minimum absolute atomic E-state index is 0.0683. The maximum Gasteiger partial charge on any atom is 0.348 e. The van der Waals surface area contributed by atoms with Gasteiger partial charge in [0, 0.05) is 16.5 Å². The molecular weight excluding hydrogens is 324 g/mol. The molecule has 0 amide bonds. The van der Waals surface area contributed by atoms with Crippen molar-refractivity contribution in [1.29, 1.82) is 0 Å². The molecule has 3 nitrogen and oxygen atoms in total. The summed E-state index contributed by atoms with van der Waals surface area (Å²) >= 11 is 0. The fourth-order valence-electron chi connectivity index (χ4n) is 3.15. The van der Waals surface area contributed by atoms with Crippen LogP contribution >= 0.6 is 0 Å². The number of benzene rings is 3. The summed E-state index contributed by atoms with van der Waals surface area (Å²) in [6.07, 6.45) is 0. The molecule has 0 spiro atoms. The Balaban J connectivity index is 2.10. The Kier molecular flexibility index (Phi) is 3.98. The van der Waals surface area contributed by atoms with E-state index in [9.17, 15) is 9.59 Å². The molecule has 0 bridgehead atoms. The summed E-state index contributed by atoms with van der Waals surface area (Å²) in [4.78, 5) is 25.9. The van der Waals surface area contributed by atoms with Crippen molar-refractivity contribution in [3.63, 3.8) is 0 Å². The molecule has 0 aliphatic rings. The largest absolute Gasteiger partial charge is 0.422 e. The SMILES string of the molecule is Cc1ccc2c(-c3ccccc3)c(C(=O)c3ccccc3)c(=O)oc2c1. The maximum atomic E-state index is 13.1. The Labute approximate surface area is 150 Å². The second-order valence-electron chi connectivity index (χ2n) is 6.20. The van der Waals surface area contributed by atoms with Crippen molar-refractivity contribution < 1.29 is 9.21 Å². The Morgan fingerprint density at radius 3 is 2.19 bits per heavy atom. The zero-order valence-corrected chi connectivity index (χ0v) is 14.2. The average molecular weight is 340 g/mol. The van der Waals surface area contributed by atoms with E-state index in [2.05, 4.69) is 0 Å². The molecular formula is C23H16O3. The lowest BCUT2D eigenvalue weighted by Gasteiger charge is -2.12. The average Bonchev–Trinajstić information content (AvgIpc) is 2.67. The van der Waals surface area contributed by atoms with Gasteiger partial charge in [-0.3, -0.25) is 4.79 Å². The summed E-state index contributed by atoms with van der Waals surface area (Å²) < 4.78 is 5.50. The van der Waals surface area contributed by atoms with Gasteiger partial charge in [-0.25, -0.2) is 4.79 Å². The van der Waals surface area contributed by atoms with Crippen molar-refractivity contribution in [2.24, 2.45) is 0 Å². The van der Waals surface area contributed by atoms with E-state index in [4.69, 9.17) is 4.42 Å². The van der Waals surface area contributed by atoms with E-state index in [1.165, 1.54) is 0 Å². The highest BCUT2D eigenvalue weighted by Gasteiger charge is 2.23. The zero-order chi connectivity index (χ0) is 18.1. The van der Waals surface area contributed by atoms with Gasteiger partial charge in [0.05, 0.1) is 0 Å². The van der Waals surface area contributed by atoms with E-state index < -0.39 is 5.63 Å². The van der Waals surface area contributed by atoms with E-state index in [1.54, 1.807) is 24.3 Å². The Morgan fingerprint density at radius 1 is 0.846 bits per heavy atom. The summed E-state index contributed by atoms with van der Waals surface area (Å²) in [7, 11) is 0. The first-order valence-electron chi connectivity index (χ1n) is 8.38. The Morgan fingerprint density at radius 2 is 1.50 bits per heavy atom. The van der Waals surface area contributed by atoms with Gasteiger partial charge in [-0.2, -0.15) is 0 Å². The second kappa shape index (κ2) is 6.45. The van der Waals surface area contributed by atoms with Crippen LogP contribution in [-0.2, 0) is 0 Å². The van der Waals surface area contributed by atoms with Crippen LogP contribution in [0.4, 0.5) is 0 Å².